The van der Waals surface area contributed by atoms with Gasteiger partial charge < -0.3 is 9.47 Å². The normalized spacial score (nSPS) is 11.2. The van der Waals surface area contributed by atoms with Crippen LogP contribution >= 0.6 is 0 Å². The molecule has 1 amide bonds. The van der Waals surface area contributed by atoms with Crippen molar-refractivity contribution in [1.29, 1.82) is 0 Å². The number of H-pyrrole nitrogens is 1. The molecule has 7 heteroatoms. The van der Waals surface area contributed by atoms with E-state index in [1.54, 1.807) is 12.3 Å². The number of alkyl carbamates (subject to hydrolysis) is 1. The van der Waals surface area contributed by atoms with E-state index in [0.717, 1.165) is 16.5 Å². The largest absolute Gasteiger partial charge is 0.464 e. The molecular weight excluding hydrogens is 334 g/mol. The number of hydrogen-bond donors (Lipinski definition) is 2. The van der Waals surface area contributed by atoms with Crippen molar-refractivity contribution in [1.82, 2.24) is 15.5 Å². The van der Waals surface area contributed by atoms with Gasteiger partial charge in [-0.25, -0.2) is 9.59 Å². The summed E-state index contributed by atoms with van der Waals surface area (Å²) >= 11 is 0. The fourth-order valence-electron chi connectivity index (χ4n) is 2.34. The fraction of sp³-hybridized carbons (Fsp3) is 0.105. The summed E-state index contributed by atoms with van der Waals surface area (Å²) in [5, 5.41) is 10.1. The molecule has 0 fully saturated rings. The Balaban J connectivity index is 1.72. The lowest BCUT2D eigenvalue weighted by atomic mass is 10.1. The maximum atomic E-state index is 12.0. The zero-order valence-corrected chi connectivity index (χ0v) is 14.1. The molecule has 132 valence electrons. The molecule has 7 nitrogen and oxygen atoms in total. The van der Waals surface area contributed by atoms with Crippen molar-refractivity contribution in [2.45, 2.75) is 6.61 Å². The van der Waals surface area contributed by atoms with Crippen LogP contribution in [-0.4, -0.2) is 29.4 Å². The lowest BCUT2D eigenvalue weighted by Crippen LogP contribution is -2.28. The van der Waals surface area contributed by atoms with E-state index in [1.165, 1.54) is 13.2 Å². The summed E-state index contributed by atoms with van der Waals surface area (Å²) in [5.41, 5.74) is 2.41. The van der Waals surface area contributed by atoms with E-state index in [2.05, 4.69) is 15.5 Å². The number of benzene rings is 2. The summed E-state index contributed by atoms with van der Waals surface area (Å²) < 4.78 is 9.86. The number of aromatic amines is 1. The Hall–Kier alpha value is -3.61. The van der Waals surface area contributed by atoms with E-state index in [9.17, 15) is 9.59 Å². The van der Waals surface area contributed by atoms with Crippen molar-refractivity contribution in [3.63, 3.8) is 0 Å². The Morgan fingerprint density at radius 2 is 2.00 bits per heavy atom. The predicted octanol–water partition coefficient (Wildman–Crippen LogP) is 3.00. The van der Waals surface area contributed by atoms with Gasteiger partial charge in [-0.15, -0.1) is 0 Å². The molecule has 3 rings (SSSR count). The highest BCUT2D eigenvalue weighted by molar-refractivity contribution is 5.97. The Morgan fingerprint density at radius 3 is 2.77 bits per heavy atom. The smallest absolute Gasteiger partial charge is 0.412 e. The second-order valence-electron chi connectivity index (χ2n) is 5.45. The van der Waals surface area contributed by atoms with Crippen LogP contribution in [0, 0.1) is 0 Å². The van der Waals surface area contributed by atoms with Crippen LogP contribution in [0.25, 0.3) is 17.0 Å². The van der Waals surface area contributed by atoms with Crippen molar-refractivity contribution >= 4 is 29.0 Å². The first-order valence-electron chi connectivity index (χ1n) is 7.86. The molecule has 2 N–H and O–H groups in total. The first kappa shape index (κ1) is 17.2. The maximum absolute atomic E-state index is 12.0. The van der Waals surface area contributed by atoms with Crippen molar-refractivity contribution in [3.8, 4) is 0 Å². The van der Waals surface area contributed by atoms with Gasteiger partial charge in [-0.3, -0.25) is 10.4 Å². The summed E-state index contributed by atoms with van der Waals surface area (Å²) in [7, 11) is 1.24. The first-order valence-corrected chi connectivity index (χ1v) is 7.86. The van der Waals surface area contributed by atoms with Crippen molar-refractivity contribution in [2.24, 2.45) is 0 Å². The third-order valence-electron chi connectivity index (χ3n) is 3.63. The monoisotopic (exact) mass is 351 g/mol. The zero-order valence-electron chi connectivity index (χ0n) is 14.1. The van der Waals surface area contributed by atoms with E-state index >= 15 is 0 Å². The summed E-state index contributed by atoms with van der Waals surface area (Å²) in [4.78, 5) is 24.0. The van der Waals surface area contributed by atoms with Gasteiger partial charge in [-0.1, -0.05) is 36.4 Å². The number of carbonyl (C=O) groups is 2. The van der Waals surface area contributed by atoms with Gasteiger partial charge in [0, 0.05) is 5.39 Å². The summed E-state index contributed by atoms with van der Waals surface area (Å²) in [6.07, 6.45) is 2.45. The molecule has 2 aromatic carbocycles. The van der Waals surface area contributed by atoms with E-state index in [-0.39, 0.29) is 12.3 Å². The van der Waals surface area contributed by atoms with Crippen LogP contribution in [0.1, 0.15) is 11.1 Å². The first-order chi connectivity index (χ1) is 12.7. The van der Waals surface area contributed by atoms with E-state index in [0.29, 0.717) is 5.56 Å². The second-order valence-corrected chi connectivity index (χ2v) is 5.45. The number of rotatable bonds is 5. The zero-order chi connectivity index (χ0) is 18.4. The van der Waals surface area contributed by atoms with Gasteiger partial charge in [0.2, 0.25) is 0 Å². The number of carbonyl (C=O) groups excluding carboxylic acids is 2. The van der Waals surface area contributed by atoms with Crippen LogP contribution in [0.2, 0.25) is 0 Å². The number of aromatic nitrogens is 2. The minimum absolute atomic E-state index is 0.0200. The Bertz CT molecular complexity index is 948. The highest BCUT2D eigenvalue weighted by Crippen LogP contribution is 2.15. The third-order valence-corrected chi connectivity index (χ3v) is 3.63. The van der Waals surface area contributed by atoms with Crippen LogP contribution in [0.15, 0.2) is 60.4 Å². The van der Waals surface area contributed by atoms with Gasteiger partial charge in [0.1, 0.15) is 12.3 Å². The Labute approximate surface area is 149 Å². The Kier molecular flexibility index (Phi) is 5.28. The average molecular weight is 351 g/mol. The van der Waals surface area contributed by atoms with Gasteiger partial charge >= 0.3 is 12.1 Å². The summed E-state index contributed by atoms with van der Waals surface area (Å²) in [5.74, 6) is -0.672. The predicted molar refractivity (Wildman–Crippen MR) is 95.8 cm³/mol. The molecule has 0 unspecified atom stereocenters. The van der Waals surface area contributed by atoms with Crippen LogP contribution in [0.5, 0.6) is 0 Å². The molecule has 0 atom stereocenters. The van der Waals surface area contributed by atoms with E-state index in [4.69, 9.17) is 9.47 Å². The Morgan fingerprint density at radius 1 is 1.19 bits per heavy atom. The molecule has 0 bridgehead atoms. The quantitative estimate of drug-likeness (QED) is 0.544. The molecule has 0 radical (unpaired) electrons. The van der Waals surface area contributed by atoms with E-state index in [1.807, 2.05) is 42.5 Å². The molecule has 0 saturated heterocycles. The van der Waals surface area contributed by atoms with E-state index < -0.39 is 12.1 Å². The number of ether oxygens (including phenoxy) is 2. The van der Waals surface area contributed by atoms with Crippen LogP contribution < -0.4 is 5.32 Å². The summed E-state index contributed by atoms with van der Waals surface area (Å²) in [6, 6.07) is 14.7. The van der Waals surface area contributed by atoms with Gasteiger partial charge in [0.15, 0.2) is 0 Å². The topological polar surface area (TPSA) is 93.3 Å². The molecule has 1 aromatic heterocycles. The number of amides is 1. The standard InChI is InChI=1S/C19H17N3O4/c1-25-18(23)17(10-14-7-8-16-15(9-14)11-20-22-16)21-19(24)26-12-13-5-3-2-4-6-13/h2-11H,12H2,1H3,(H,20,22)(H,21,24). The second kappa shape index (κ2) is 7.98. The number of hydrogen-bond acceptors (Lipinski definition) is 5. The van der Waals surface area contributed by atoms with Gasteiger partial charge in [-0.05, 0) is 29.3 Å². The molecular formula is C19H17N3O4. The highest BCUT2D eigenvalue weighted by atomic mass is 16.6. The number of esters is 1. The van der Waals surface area contributed by atoms with Crippen molar-refractivity contribution in [3.05, 3.63) is 71.6 Å². The van der Waals surface area contributed by atoms with Gasteiger partial charge in [0.25, 0.3) is 0 Å². The van der Waals surface area contributed by atoms with Gasteiger partial charge in [-0.2, -0.15) is 5.10 Å². The molecule has 26 heavy (non-hydrogen) atoms. The average Bonchev–Trinajstić information content (AvgIpc) is 3.14. The molecule has 0 aliphatic rings. The minimum atomic E-state index is -0.741. The number of fused-ring (bicyclic) bond motifs is 1. The fourth-order valence-corrected chi connectivity index (χ4v) is 2.34. The molecule has 3 aromatic rings. The van der Waals surface area contributed by atoms with Gasteiger partial charge in [0.05, 0.1) is 18.8 Å². The lowest BCUT2D eigenvalue weighted by Gasteiger charge is -2.09. The molecule has 1 heterocycles. The maximum Gasteiger partial charge on any atom is 0.412 e. The minimum Gasteiger partial charge on any atom is -0.464 e. The van der Waals surface area contributed by atoms with Crippen molar-refractivity contribution < 1.29 is 19.1 Å². The van der Waals surface area contributed by atoms with Crippen molar-refractivity contribution in [2.75, 3.05) is 7.11 Å². The lowest BCUT2D eigenvalue weighted by molar-refractivity contribution is -0.136. The van der Waals surface area contributed by atoms with Crippen LogP contribution in [0.3, 0.4) is 0 Å². The highest BCUT2D eigenvalue weighted by Gasteiger charge is 2.14. The van der Waals surface area contributed by atoms with Crippen LogP contribution in [0.4, 0.5) is 4.79 Å². The third kappa shape index (κ3) is 4.27. The number of nitrogens with one attached hydrogen (secondary N) is 2. The molecule has 0 aliphatic heterocycles. The van der Waals surface area contributed by atoms with Crippen LogP contribution in [-0.2, 0) is 20.9 Å². The molecule has 0 spiro atoms. The number of nitrogens with zero attached hydrogens (tertiary/aromatic N) is 1. The molecule has 0 aliphatic carbocycles. The summed E-state index contributed by atoms with van der Waals surface area (Å²) in [6.45, 7) is 0.0993. The number of methoxy groups -OCH3 is 1. The SMILES string of the molecule is COC(=O)C(=Cc1ccc2[nH]ncc2c1)NC(=O)OCc1ccccc1. The molecule has 0 saturated carbocycles.